The second kappa shape index (κ2) is 4.51. The molecule has 0 bridgehead atoms. The van der Waals surface area contributed by atoms with Crippen molar-refractivity contribution in [3.05, 3.63) is 33.9 Å². The van der Waals surface area contributed by atoms with Crippen LogP contribution in [-0.4, -0.2) is 18.0 Å². The smallest absolute Gasteiger partial charge is 0.292 e. The van der Waals surface area contributed by atoms with E-state index in [2.05, 4.69) is 4.90 Å². The summed E-state index contributed by atoms with van der Waals surface area (Å²) >= 11 is 0. The molecule has 0 aliphatic carbocycles. The number of nitro groups is 1. The third-order valence-corrected chi connectivity index (χ3v) is 3.09. The van der Waals surface area contributed by atoms with Crippen LogP contribution in [0.15, 0.2) is 18.2 Å². The molecule has 1 heterocycles. The largest absolute Gasteiger partial charge is 0.366 e. The van der Waals surface area contributed by atoms with Crippen molar-refractivity contribution < 1.29 is 4.92 Å². The number of hydrogen-bond donors (Lipinski definition) is 0. The number of rotatable bonds is 3. The van der Waals surface area contributed by atoms with Gasteiger partial charge in [0.25, 0.3) is 5.69 Å². The van der Waals surface area contributed by atoms with Crippen molar-refractivity contribution in [2.45, 2.75) is 26.2 Å². The fourth-order valence-corrected chi connectivity index (χ4v) is 2.16. The van der Waals surface area contributed by atoms with Gasteiger partial charge in [0.1, 0.15) is 5.69 Å². The van der Waals surface area contributed by atoms with Crippen LogP contribution in [0, 0.1) is 10.1 Å². The predicted molar refractivity (Wildman–Crippen MR) is 63.9 cm³/mol. The van der Waals surface area contributed by atoms with Crippen molar-refractivity contribution in [3.63, 3.8) is 0 Å². The van der Waals surface area contributed by atoms with Crippen molar-refractivity contribution in [2.75, 3.05) is 18.0 Å². The Morgan fingerprint density at radius 2 is 2.06 bits per heavy atom. The topological polar surface area (TPSA) is 46.4 Å². The molecule has 1 saturated heterocycles. The minimum absolute atomic E-state index is 0.251. The maximum Gasteiger partial charge on any atom is 0.292 e. The summed E-state index contributed by atoms with van der Waals surface area (Å²) in [5.41, 5.74) is 2.05. The third-order valence-electron chi connectivity index (χ3n) is 3.09. The zero-order chi connectivity index (χ0) is 11.5. The summed E-state index contributed by atoms with van der Waals surface area (Å²) in [4.78, 5) is 12.9. The van der Waals surface area contributed by atoms with E-state index in [9.17, 15) is 10.1 Å². The Kier molecular flexibility index (Phi) is 3.08. The minimum atomic E-state index is -0.271. The highest BCUT2D eigenvalue weighted by Gasteiger charge is 2.21. The number of benzene rings is 1. The van der Waals surface area contributed by atoms with Crippen LogP contribution < -0.4 is 4.90 Å². The molecular weight excluding hydrogens is 204 g/mol. The Labute approximate surface area is 95.0 Å². The van der Waals surface area contributed by atoms with Gasteiger partial charge < -0.3 is 4.90 Å². The van der Waals surface area contributed by atoms with Crippen LogP contribution >= 0.6 is 0 Å². The third kappa shape index (κ3) is 2.01. The van der Waals surface area contributed by atoms with Gasteiger partial charge in [0.15, 0.2) is 0 Å². The molecule has 1 aliphatic rings. The number of aryl methyl sites for hydroxylation is 1. The molecule has 2 rings (SSSR count). The van der Waals surface area contributed by atoms with E-state index in [1.807, 2.05) is 19.1 Å². The lowest BCUT2D eigenvalue weighted by Crippen LogP contribution is -2.18. The number of nitrogens with zero attached hydrogens (tertiary/aromatic N) is 2. The summed E-state index contributed by atoms with van der Waals surface area (Å²) in [6, 6.07) is 5.58. The van der Waals surface area contributed by atoms with Gasteiger partial charge >= 0.3 is 0 Å². The average Bonchev–Trinajstić information content (AvgIpc) is 2.81. The van der Waals surface area contributed by atoms with Gasteiger partial charge in [0.05, 0.1) is 4.92 Å². The fourth-order valence-electron chi connectivity index (χ4n) is 2.16. The van der Waals surface area contributed by atoms with Crippen LogP contribution in [0.1, 0.15) is 25.3 Å². The van der Waals surface area contributed by atoms with E-state index in [0.717, 1.165) is 43.6 Å². The van der Waals surface area contributed by atoms with E-state index in [4.69, 9.17) is 0 Å². The Morgan fingerprint density at radius 1 is 1.38 bits per heavy atom. The molecule has 0 spiro atoms. The summed E-state index contributed by atoms with van der Waals surface area (Å²) in [6.07, 6.45) is 3.10. The van der Waals surface area contributed by atoms with E-state index in [1.165, 1.54) is 0 Å². The Morgan fingerprint density at radius 3 is 2.62 bits per heavy atom. The van der Waals surface area contributed by atoms with Crippen LogP contribution in [-0.2, 0) is 6.42 Å². The molecule has 1 aromatic rings. The first-order valence-corrected chi connectivity index (χ1v) is 5.74. The van der Waals surface area contributed by atoms with Gasteiger partial charge in [-0.15, -0.1) is 0 Å². The minimum Gasteiger partial charge on any atom is -0.366 e. The highest BCUT2D eigenvalue weighted by atomic mass is 16.6. The average molecular weight is 220 g/mol. The van der Waals surface area contributed by atoms with E-state index in [1.54, 1.807) is 6.07 Å². The molecule has 0 N–H and O–H groups in total. The van der Waals surface area contributed by atoms with Crippen molar-refractivity contribution in [2.24, 2.45) is 0 Å². The number of anilines is 1. The van der Waals surface area contributed by atoms with Crippen LogP contribution in [0.25, 0.3) is 0 Å². The van der Waals surface area contributed by atoms with Crippen LogP contribution in [0.5, 0.6) is 0 Å². The van der Waals surface area contributed by atoms with E-state index in [-0.39, 0.29) is 10.6 Å². The quantitative estimate of drug-likeness (QED) is 0.581. The van der Waals surface area contributed by atoms with E-state index in [0.29, 0.717) is 0 Å². The highest BCUT2D eigenvalue weighted by molar-refractivity contribution is 5.64. The lowest BCUT2D eigenvalue weighted by Gasteiger charge is -2.17. The number of hydrogen-bond acceptors (Lipinski definition) is 3. The van der Waals surface area contributed by atoms with Gasteiger partial charge in [-0.1, -0.05) is 13.0 Å². The molecule has 0 aromatic heterocycles. The second-order valence-electron chi connectivity index (χ2n) is 4.13. The number of nitro benzene ring substituents is 1. The maximum absolute atomic E-state index is 11.0. The Bertz CT molecular complexity index is 398. The monoisotopic (exact) mass is 220 g/mol. The summed E-state index contributed by atoms with van der Waals surface area (Å²) in [7, 11) is 0. The summed E-state index contributed by atoms with van der Waals surface area (Å²) in [6.45, 7) is 3.88. The van der Waals surface area contributed by atoms with Crippen molar-refractivity contribution >= 4 is 11.4 Å². The molecule has 4 heteroatoms. The molecule has 4 nitrogen and oxygen atoms in total. The second-order valence-corrected chi connectivity index (χ2v) is 4.13. The molecule has 0 radical (unpaired) electrons. The van der Waals surface area contributed by atoms with Crippen LogP contribution in [0.2, 0.25) is 0 Å². The molecule has 0 amide bonds. The van der Waals surface area contributed by atoms with Gasteiger partial charge in [-0.25, -0.2) is 0 Å². The summed E-state index contributed by atoms with van der Waals surface area (Å²) < 4.78 is 0. The van der Waals surface area contributed by atoms with Crippen molar-refractivity contribution in [1.29, 1.82) is 0 Å². The first kappa shape index (κ1) is 10.9. The maximum atomic E-state index is 11.0. The SMILES string of the molecule is CCc1ccc(N2CCCC2)c([N+](=O)[O-])c1. The normalized spacial score (nSPS) is 15.4. The zero-order valence-electron chi connectivity index (χ0n) is 9.48. The Balaban J connectivity index is 2.39. The van der Waals surface area contributed by atoms with E-state index < -0.39 is 0 Å². The fraction of sp³-hybridized carbons (Fsp3) is 0.500. The van der Waals surface area contributed by atoms with Gasteiger partial charge in [0, 0.05) is 19.2 Å². The molecule has 1 aliphatic heterocycles. The van der Waals surface area contributed by atoms with Gasteiger partial charge in [-0.05, 0) is 30.9 Å². The summed E-state index contributed by atoms with van der Waals surface area (Å²) in [5.74, 6) is 0. The predicted octanol–water partition coefficient (Wildman–Crippen LogP) is 2.76. The molecule has 1 aromatic carbocycles. The molecule has 16 heavy (non-hydrogen) atoms. The molecular formula is C12H16N2O2. The lowest BCUT2D eigenvalue weighted by molar-refractivity contribution is -0.384. The summed E-state index contributed by atoms with van der Waals surface area (Å²) in [5, 5.41) is 11.0. The Hall–Kier alpha value is -1.58. The van der Waals surface area contributed by atoms with Gasteiger partial charge in [0.2, 0.25) is 0 Å². The highest BCUT2D eigenvalue weighted by Crippen LogP contribution is 2.31. The van der Waals surface area contributed by atoms with Crippen LogP contribution in [0.3, 0.4) is 0 Å². The van der Waals surface area contributed by atoms with Gasteiger partial charge in [-0.3, -0.25) is 10.1 Å². The molecule has 86 valence electrons. The van der Waals surface area contributed by atoms with Crippen LogP contribution in [0.4, 0.5) is 11.4 Å². The molecule has 0 saturated carbocycles. The zero-order valence-corrected chi connectivity index (χ0v) is 9.48. The first-order valence-electron chi connectivity index (χ1n) is 5.74. The van der Waals surface area contributed by atoms with Gasteiger partial charge in [-0.2, -0.15) is 0 Å². The standard InChI is InChI=1S/C12H16N2O2/c1-2-10-5-6-11(12(9-10)14(15)16)13-7-3-4-8-13/h5-6,9H,2-4,7-8H2,1H3. The molecule has 1 fully saturated rings. The first-order chi connectivity index (χ1) is 7.72. The van der Waals surface area contributed by atoms with Crippen molar-refractivity contribution in [3.8, 4) is 0 Å². The lowest BCUT2D eigenvalue weighted by atomic mass is 10.1. The molecule has 0 atom stereocenters. The molecule has 0 unspecified atom stereocenters. The van der Waals surface area contributed by atoms with Crippen molar-refractivity contribution in [1.82, 2.24) is 0 Å². The van der Waals surface area contributed by atoms with E-state index >= 15 is 0 Å².